The van der Waals surface area contributed by atoms with Crippen LogP contribution < -0.4 is 29.1 Å². The van der Waals surface area contributed by atoms with Crippen molar-refractivity contribution in [3.8, 4) is 17.2 Å². The number of carbonyl (C=O) groups is 1. The molecule has 0 saturated heterocycles. The van der Waals surface area contributed by atoms with Crippen LogP contribution in [0.2, 0.25) is 0 Å². The molecule has 0 radical (unpaired) electrons. The van der Waals surface area contributed by atoms with Crippen LogP contribution in [-0.2, 0) is 16.1 Å². The first-order valence-electron chi connectivity index (χ1n) is 14.5. The van der Waals surface area contributed by atoms with Crippen LogP contribution >= 0.6 is 11.3 Å². The zero-order chi connectivity index (χ0) is 31.5. The molecule has 0 aliphatic carbocycles. The highest BCUT2D eigenvalue weighted by molar-refractivity contribution is 7.07. The average molecular weight is 621 g/mol. The number of aromatic nitrogens is 1. The molecule has 8 nitrogen and oxygen atoms in total. The van der Waals surface area contributed by atoms with Crippen LogP contribution in [0.15, 0.2) is 106 Å². The van der Waals surface area contributed by atoms with Gasteiger partial charge in [-0.15, -0.1) is 0 Å². The van der Waals surface area contributed by atoms with Crippen LogP contribution in [-0.4, -0.2) is 31.4 Å². The van der Waals surface area contributed by atoms with Crippen LogP contribution in [0, 0.1) is 0 Å². The maximum atomic E-state index is 14.2. The van der Waals surface area contributed by atoms with Gasteiger partial charge in [-0.3, -0.25) is 9.36 Å². The van der Waals surface area contributed by atoms with Gasteiger partial charge in [-0.25, -0.2) is 9.79 Å². The summed E-state index contributed by atoms with van der Waals surface area (Å²) in [5.74, 6) is 1.13. The van der Waals surface area contributed by atoms with Crippen molar-refractivity contribution >= 4 is 34.2 Å². The fourth-order valence-corrected chi connectivity index (χ4v) is 6.61. The van der Waals surface area contributed by atoms with E-state index in [1.165, 1.54) is 11.3 Å². The molecule has 4 aromatic carbocycles. The minimum absolute atomic E-state index is 0.189. The molecule has 1 atom stereocenters. The van der Waals surface area contributed by atoms with Gasteiger partial charge in [0.25, 0.3) is 5.56 Å². The third-order valence-corrected chi connectivity index (χ3v) is 8.69. The Labute approximate surface area is 264 Å². The largest absolute Gasteiger partial charge is 0.493 e. The lowest BCUT2D eigenvalue weighted by molar-refractivity contribution is -0.139. The predicted octanol–water partition coefficient (Wildman–Crippen LogP) is 5.55. The zero-order valence-electron chi connectivity index (χ0n) is 25.4. The molecular weight excluding hydrogens is 588 g/mol. The monoisotopic (exact) mass is 620 g/mol. The van der Waals surface area contributed by atoms with E-state index in [-0.39, 0.29) is 12.2 Å². The minimum atomic E-state index is -0.778. The third-order valence-electron chi connectivity index (χ3n) is 7.71. The molecule has 2 heterocycles. The molecule has 0 bridgehead atoms. The maximum absolute atomic E-state index is 14.2. The van der Waals surface area contributed by atoms with Crippen molar-refractivity contribution in [3.63, 3.8) is 0 Å². The summed E-state index contributed by atoms with van der Waals surface area (Å²) in [5, 5.41) is 2.28. The summed E-state index contributed by atoms with van der Waals surface area (Å²) >= 11 is 1.26. The molecule has 5 aromatic rings. The second kappa shape index (κ2) is 12.8. The van der Waals surface area contributed by atoms with Crippen LogP contribution in [0.5, 0.6) is 17.2 Å². The molecule has 1 aliphatic rings. The summed E-state index contributed by atoms with van der Waals surface area (Å²) in [7, 11) is 3.10. The van der Waals surface area contributed by atoms with E-state index in [9.17, 15) is 9.59 Å². The normalized spacial score (nSPS) is 14.6. The number of thiazole rings is 1. The average Bonchev–Trinajstić information content (AvgIpc) is 3.36. The van der Waals surface area contributed by atoms with Gasteiger partial charge in [0.05, 0.1) is 42.7 Å². The Morgan fingerprint density at radius 2 is 1.69 bits per heavy atom. The number of para-hydroxylation sites is 1. The standard InChI is InChI=1S/C36H32N2O6S/c1-5-43-35(40)32-22(2)37-36-38(33(32)25-17-18-29(41-3)30(19-25)42-4)34(39)31(45-36)20-24-12-7-9-16-28(24)44-21-26-14-10-13-23-11-6-8-15-27(23)26/h6-20,33H,5,21H2,1-4H3/b31-20-/t33-/m1/s1. The lowest BCUT2D eigenvalue weighted by Gasteiger charge is -2.25. The van der Waals surface area contributed by atoms with E-state index in [1.807, 2.05) is 54.6 Å². The highest BCUT2D eigenvalue weighted by Crippen LogP contribution is 2.36. The molecule has 0 unspecified atom stereocenters. The van der Waals surface area contributed by atoms with Crippen molar-refractivity contribution in [2.75, 3.05) is 20.8 Å². The number of rotatable bonds is 9. The van der Waals surface area contributed by atoms with Crippen molar-refractivity contribution in [2.45, 2.75) is 26.5 Å². The number of ether oxygens (including phenoxy) is 4. The van der Waals surface area contributed by atoms with E-state index in [2.05, 4.69) is 29.3 Å². The Hall–Kier alpha value is -5.15. The number of hydrogen-bond acceptors (Lipinski definition) is 8. The smallest absolute Gasteiger partial charge is 0.338 e. The van der Waals surface area contributed by atoms with Crippen LogP contribution in [0.3, 0.4) is 0 Å². The fraction of sp³-hybridized carbons (Fsp3) is 0.194. The van der Waals surface area contributed by atoms with Gasteiger partial charge in [0, 0.05) is 5.56 Å². The third kappa shape index (κ3) is 5.74. The van der Waals surface area contributed by atoms with Gasteiger partial charge < -0.3 is 18.9 Å². The fourth-order valence-electron chi connectivity index (χ4n) is 5.58. The highest BCUT2D eigenvalue weighted by atomic mass is 32.1. The predicted molar refractivity (Wildman–Crippen MR) is 175 cm³/mol. The Balaban J connectivity index is 1.44. The molecule has 0 N–H and O–H groups in total. The van der Waals surface area contributed by atoms with Gasteiger partial charge >= 0.3 is 5.97 Å². The molecule has 1 aromatic heterocycles. The maximum Gasteiger partial charge on any atom is 0.338 e. The molecule has 45 heavy (non-hydrogen) atoms. The molecule has 0 spiro atoms. The Morgan fingerprint density at radius 1 is 0.933 bits per heavy atom. The quantitative estimate of drug-likeness (QED) is 0.201. The summed E-state index contributed by atoms with van der Waals surface area (Å²) < 4.78 is 24.7. The van der Waals surface area contributed by atoms with E-state index >= 15 is 0 Å². The molecule has 228 valence electrons. The number of fused-ring (bicyclic) bond motifs is 2. The van der Waals surface area contributed by atoms with Crippen molar-refractivity contribution < 1.29 is 23.7 Å². The number of hydrogen-bond donors (Lipinski definition) is 0. The Morgan fingerprint density at radius 3 is 2.49 bits per heavy atom. The zero-order valence-corrected chi connectivity index (χ0v) is 26.2. The van der Waals surface area contributed by atoms with E-state index in [1.54, 1.807) is 44.8 Å². The van der Waals surface area contributed by atoms with E-state index in [4.69, 9.17) is 18.9 Å². The summed E-state index contributed by atoms with van der Waals surface area (Å²) in [6.07, 6.45) is 1.82. The Kier molecular flexibility index (Phi) is 8.53. The van der Waals surface area contributed by atoms with Gasteiger partial charge in [0.2, 0.25) is 0 Å². The summed E-state index contributed by atoms with van der Waals surface area (Å²) in [6.45, 7) is 4.06. The van der Waals surface area contributed by atoms with E-state index in [0.29, 0.717) is 50.0 Å². The van der Waals surface area contributed by atoms with Crippen molar-refractivity contribution in [3.05, 3.63) is 133 Å². The number of esters is 1. The van der Waals surface area contributed by atoms with Crippen molar-refractivity contribution in [2.24, 2.45) is 4.99 Å². The number of carbonyl (C=O) groups excluding carboxylic acids is 1. The first kappa shape index (κ1) is 29.9. The van der Waals surface area contributed by atoms with Gasteiger partial charge in [0.15, 0.2) is 16.3 Å². The number of methoxy groups -OCH3 is 2. The first-order chi connectivity index (χ1) is 21.9. The number of allylic oxidation sites excluding steroid dienone is 1. The summed E-state index contributed by atoms with van der Waals surface area (Å²) in [4.78, 5) is 32.6. The molecule has 0 amide bonds. The van der Waals surface area contributed by atoms with Crippen molar-refractivity contribution in [1.82, 2.24) is 4.57 Å². The first-order valence-corrected chi connectivity index (χ1v) is 15.3. The second-order valence-electron chi connectivity index (χ2n) is 10.4. The minimum Gasteiger partial charge on any atom is -0.493 e. The second-order valence-corrected chi connectivity index (χ2v) is 11.4. The topological polar surface area (TPSA) is 88.4 Å². The highest BCUT2D eigenvalue weighted by Gasteiger charge is 2.34. The van der Waals surface area contributed by atoms with Crippen LogP contribution in [0.25, 0.3) is 16.8 Å². The molecule has 9 heteroatoms. The van der Waals surface area contributed by atoms with E-state index < -0.39 is 12.0 Å². The lowest BCUT2D eigenvalue weighted by Crippen LogP contribution is -2.40. The molecule has 1 aliphatic heterocycles. The van der Waals surface area contributed by atoms with Gasteiger partial charge in [-0.2, -0.15) is 0 Å². The Bertz CT molecular complexity index is 2120. The van der Waals surface area contributed by atoms with Gasteiger partial charge in [-0.05, 0) is 60.0 Å². The molecule has 6 rings (SSSR count). The molecule has 0 fully saturated rings. The molecular formula is C36H32N2O6S. The van der Waals surface area contributed by atoms with Gasteiger partial charge in [0.1, 0.15) is 12.4 Å². The number of benzene rings is 4. The number of nitrogens with zero attached hydrogens (tertiary/aromatic N) is 2. The van der Waals surface area contributed by atoms with Crippen LogP contribution in [0.4, 0.5) is 0 Å². The van der Waals surface area contributed by atoms with E-state index in [0.717, 1.165) is 21.9 Å². The SMILES string of the molecule is CCOC(=O)C1=C(C)N=c2s/c(=C\c3ccccc3OCc3cccc4ccccc34)c(=O)n2[C@@H]1c1ccc(OC)c(OC)c1. The van der Waals surface area contributed by atoms with Crippen LogP contribution in [0.1, 0.15) is 36.6 Å². The summed E-state index contributed by atoms with van der Waals surface area (Å²) in [5.41, 5.74) is 2.99. The van der Waals surface area contributed by atoms with Gasteiger partial charge in [-0.1, -0.05) is 78.1 Å². The molecule has 0 saturated carbocycles. The lowest BCUT2D eigenvalue weighted by atomic mass is 9.95. The van der Waals surface area contributed by atoms with Crippen molar-refractivity contribution in [1.29, 1.82) is 0 Å². The summed E-state index contributed by atoms with van der Waals surface area (Å²) in [6, 6.07) is 26.5.